The summed E-state index contributed by atoms with van der Waals surface area (Å²) in [4.78, 5) is 33.7. The molecule has 4 rings (SSSR count). The molecule has 0 saturated carbocycles. The molecular formula is C31H38F3N5O3. The molecule has 0 bridgehead atoms. The molecule has 1 aliphatic heterocycles. The lowest BCUT2D eigenvalue weighted by molar-refractivity contribution is -0.137. The molecule has 3 aromatic rings. The largest absolute Gasteiger partial charge is 0.444 e. The first-order valence-corrected chi connectivity index (χ1v) is 14.1. The van der Waals surface area contributed by atoms with E-state index in [9.17, 15) is 22.8 Å². The van der Waals surface area contributed by atoms with Crippen LogP contribution in [0.5, 0.6) is 0 Å². The smallest absolute Gasteiger partial charge is 0.416 e. The molecule has 1 aromatic heterocycles. The summed E-state index contributed by atoms with van der Waals surface area (Å²) in [6.07, 6.45) is -1.96. The van der Waals surface area contributed by atoms with Crippen LogP contribution in [0.25, 0.3) is 16.6 Å². The molecule has 42 heavy (non-hydrogen) atoms. The first kappa shape index (κ1) is 31.1. The lowest BCUT2D eigenvalue weighted by Crippen LogP contribution is -2.39. The molecule has 11 heteroatoms. The number of hydrogen-bond acceptors (Lipinski definition) is 5. The van der Waals surface area contributed by atoms with Gasteiger partial charge in [-0.25, -0.2) is 9.78 Å². The van der Waals surface area contributed by atoms with Gasteiger partial charge in [-0.1, -0.05) is 31.2 Å². The number of nitrogens with zero attached hydrogens (tertiary/aromatic N) is 4. The number of carbonyl (C=O) groups excluding carboxylic acids is 2. The number of amides is 2. The molecule has 0 fully saturated rings. The number of aryl methyl sites for hydroxylation is 1. The highest BCUT2D eigenvalue weighted by molar-refractivity contribution is 5.95. The van der Waals surface area contributed by atoms with Gasteiger partial charge >= 0.3 is 12.3 Å². The summed E-state index contributed by atoms with van der Waals surface area (Å²) in [6, 6.07) is 11.0. The SMILES string of the molecule is CCN(CCNC(=O)c1nc2ccc(C3=CCN(C(=O)OC(C)(C)C)CC3)cc2n1C)Cc1ccc(C(F)(F)F)cc1. The maximum atomic E-state index is 13.0. The van der Waals surface area contributed by atoms with E-state index >= 15 is 0 Å². The Morgan fingerprint density at radius 3 is 2.40 bits per heavy atom. The molecule has 2 heterocycles. The van der Waals surface area contributed by atoms with Crippen molar-refractivity contribution in [3.05, 3.63) is 71.1 Å². The fourth-order valence-electron chi connectivity index (χ4n) is 4.83. The van der Waals surface area contributed by atoms with Gasteiger partial charge in [-0.05, 0) is 74.7 Å². The lowest BCUT2D eigenvalue weighted by Gasteiger charge is -2.29. The van der Waals surface area contributed by atoms with E-state index in [-0.39, 0.29) is 12.0 Å². The highest BCUT2D eigenvalue weighted by atomic mass is 19.4. The molecule has 0 saturated heterocycles. The van der Waals surface area contributed by atoms with Crippen molar-refractivity contribution in [1.29, 1.82) is 0 Å². The second-order valence-corrected chi connectivity index (χ2v) is 11.4. The van der Waals surface area contributed by atoms with Crippen LogP contribution in [0.2, 0.25) is 0 Å². The van der Waals surface area contributed by atoms with Crippen molar-refractivity contribution in [3.8, 4) is 0 Å². The van der Waals surface area contributed by atoms with Crippen LogP contribution in [0.15, 0.2) is 48.5 Å². The number of rotatable bonds is 8. The summed E-state index contributed by atoms with van der Waals surface area (Å²) in [7, 11) is 1.80. The van der Waals surface area contributed by atoms with E-state index in [4.69, 9.17) is 4.74 Å². The topological polar surface area (TPSA) is 79.7 Å². The number of likely N-dealkylation sites (N-methyl/N-ethyl adjacent to an activating group) is 1. The van der Waals surface area contributed by atoms with Gasteiger partial charge in [0.15, 0.2) is 5.82 Å². The number of carbonyl (C=O) groups is 2. The number of imidazole rings is 1. The van der Waals surface area contributed by atoms with Crippen LogP contribution in [0.3, 0.4) is 0 Å². The molecule has 0 spiro atoms. The van der Waals surface area contributed by atoms with Crippen LogP contribution < -0.4 is 5.32 Å². The zero-order valence-corrected chi connectivity index (χ0v) is 24.7. The highest BCUT2D eigenvalue weighted by Gasteiger charge is 2.30. The first-order valence-electron chi connectivity index (χ1n) is 14.1. The maximum Gasteiger partial charge on any atom is 0.416 e. The average Bonchev–Trinajstić information content (AvgIpc) is 3.27. The predicted molar refractivity (Wildman–Crippen MR) is 156 cm³/mol. The maximum absolute atomic E-state index is 13.0. The average molecular weight is 586 g/mol. The van der Waals surface area contributed by atoms with E-state index in [1.807, 2.05) is 56.9 Å². The summed E-state index contributed by atoms with van der Waals surface area (Å²) in [6.45, 7) is 10.6. The second kappa shape index (κ2) is 12.6. The minimum absolute atomic E-state index is 0.293. The first-order chi connectivity index (χ1) is 19.7. The standard InChI is InChI=1S/C31H38F3N5O3/c1-6-38(20-21-7-10-24(11-8-21)31(32,33)34)18-15-35-28(40)27-36-25-12-9-23(19-26(25)37(27)5)22-13-16-39(17-14-22)29(41)42-30(2,3)4/h7-13,19H,6,14-18,20H2,1-5H3,(H,35,40). The Morgan fingerprint density at radius 1 is 1.10 bits per heavy atom. The number of hydrogen-bond donors (Lipinski definition) is 1. The Bertz CT molecular complexity index is 1460. The van der Waals surface area contributed by atoms with Crippen molar-refractivity contribution in [2.24, 2.45) is 7.05 Å². The van der Waals surface area contributed by atoms with Crippen LogP contribution in [-0.2, 0) is 24.5 Å². The van der Waals surface area contributed by atoms with E-state index in [0.29, 0.717) is 57.0 Å². The Hall–Kier alpha value is -3.86. The van der Waals surface area contributed by atoms with E-state index in [0.717, 1.165) is 34.3 Å². The lowest BCUT2D eigenvalue weighted by atomic mass is 9.99. The summed E-state index contributed by atoms with van der Waals surface area (Å²) < 4.78 is 45.7. The van der Waals surface area contributed by atoms with Gasteiger partial charge in [0, 0.05) is 39.8 Å². The van der Waals surface area contributed by atoms with Crippen LogP contribution in [0.4, 0.5) is 18.0 Å². The Morgan fingerprint density at radius 2 is 1.81 bits per heavy atom. The Labute approximate surface area is 244 Å². The molecular weight excluding hydrogens is 547 g/mol. The van der Waals surface area contributed by atoms with Gasteiger partial charge in [0.1, 0.15) is 5.60 Å². The van der Waals surface area contributed by atoms with Crippen LogP contribution >= 0.6 is 0 Å². The Balaban J connectivity index is 1.35. The van der Waals surface area contributed by atoms with E-state index in [1.165, 1.54) is 12.1 Å². The molecule has 1 aliphatic rings. The van der Waals surface area contributed by atoms with E-state index in [2.05, 4.69) is 10.3 Å². The summed E-state index contributed by atoms with van der Waals surface area (Å²) in [5.74, 6) is -0.00706. The van der Waals surface area contributed by atoms with Gasteiger partial charge in [0.2, 0.25) is 0 Å². The van der Waals surface area contributed by atoms with Gasteiger partial charge in [-0.2, -0.15) is 13.2 Å². The summed E-state index contributed by atoms with van der Waals surface area (Å²) in [5.41, 5.74) is 3.23. The zero-order valence-electron chi connectivity index (χ0n) is 24.7. The Kier molecular flexibility index (Phi) is 9.30. The van der Waals surface area contributed by atoms with Gasteiger partial charge in [0.05, 0.1) is 16.6 Å². The van der Waals surface area contributed by atoms with Gasteiger partial charge in [-0.15, -0.1) is 0 Å². The molecule has 0 radical (unpaired) electrons. The van der Waals surface area contributed by atoms with Crippen molar-refractivity contribution in [2.75, 3.05) is 32.7 Å². The van der Waals surface area contributed by atoms with Crippen molar-refractivity contribution in [3.63, 3.8) is 0 Å². The minimum Gasteiger partial charge on any atom is -0.444 e. The monoisotopic (exact) mass is 585 g/mol. The predicted octanol–water partition coefficient (Wildman–Crippen LogP) is 5.87. The quantitative estimate of drug-likeness (QED) is 0.358. The molecule has 0 unspecified atom stereocenters. The minimum atomic E-state index is -4.36. The number of ether oxygens (including phenoxy) is 1. The molecule has 0 aliphatic carbocycles. The summed E-state index contributed by atoms with van der Waals surface area (Å²) >= 11 is 0. The molecule has 8 nitrogen and oxygen atoms in total. The van der Waals surface area contributed by atoms with Crippen molar-refractivity contribution < 1.29 is 27.5 Å². The molecule has 2 amide bonds. The number of fused-ring (bicyclic) bond motifs is 1. The van der Waals surface area contributed by atoms with E-state index < -0.39 is 17.3 Å². The van der Waals surface area contributed by atoms with Crippen LogP contribution in [0.1, 0.15) is 61.4 Å². The zero-order chi connectivity index (χ0) is 30.7. The van der Waals surface area contributed by atoms with Gasteiger partial charge in [0.25, 0.3) is 5.91 Å². The number of alkyl halides is 3. The third-order valence-corrected chi connectivity index (χ3v) is 7.16. The van der Waals surface area contributed by atoms with Crippen molar-refractivity contribution in [1.82, 2.24) is 24.7 Å². The normalized spacial score (nSPS) is 14.3. The fourth-order valence-corrected chi connectivity index (χ4v) is 4.83. The molecule has 226 valence electrons. The van der Waals surface area contributed by atoms with Crippen LogP contribution in [0, 0.1) is 0 Å². The number of benzene rings is 2. The number of halogens is 3. The van der Waals surface area contributed by atoms with Crippen molar-refractivity contribution >= 4 is 28.6 Å². The molecule has 0 atom stereocenters. The van der Waals surface area contributed by atoms with Gasteiger partial charge < -0.3 is 19.5 Å². The highest BCUT2D eigenvalue weighted by Crippen LogP contribution is 2.29. The number of aromatic nitrogens is 2. The third-order valence-electron chi connectivity index (χ3n) is 7.16. The van der Waals surface area contributed by atoms with E-state index in [1.54, 1.807) is 16.5 Å². The molecule has 1 N–H and O–H groups in total. The second-order valence-electron chi connectivity index (χ2n) is 11.4. The summed E-state index contributed by atoms with van der Waals surface area (Å²) in [5, 5.41) is 2.92. The van der Waals surface area contributed by atoms with Gasteiger partial charge in [-0.3, -0.25) is 9.69 Å². The fraction of sp³-hybridized carbons (Fsp3) is 0.452. The third kappa shape index (κ3) is 7.70. The number of nitrogens with one attached hydrogen (secondary N) is 1. The van der Waals surface area contributed by atoms with Crippen LogP contribution in [-0.4, -0.2) is 69.7 Å². The van der Waals surface area contributed by atoms with Crippen molar-refractivity contribution in [2.45, 2.75) is 52.4 Å². The molecule has 2 aromatic carbocycles.